The molecule has 0 aliphatic heterocycles. The highest BCUT2D eigenvalue weighted by molar-refractivity contribution is 7.93. The van der Waals surface area contributed by atoms with Crippen molar-refractivity contribution in [3.63, 3.8) is 0 Å². The number of aromatic nitrogens is 1. The van der Waals surface area contributed by atoms with Crippen LogP contribution in [0.3, 0.4) is 0 Å². The summed E-state index contributed by atoms with van der Waals surface area (Å²) >= 11 is 0. The standard InChI is InChI=1S/C23H27N3O3S/c1-2-29-18-10-13-21-20(14-18)22(24)23(26(21)17-4-3-5-17)15-6-8-16(9-7-15)25-30(27,28)19-11-12-19/h6-10,13-14,17,19,25H,2-5,11-12,24H2,1H3. The van der Waals surface area contributed by atoms with Crippen LogP contribution in [0, 0.1) is 0 Å². The Morgan fingerprint density at radius 2 is 1.83 bits per heavy atom. The Morgan fingerprint density at radius 1 is 1.10 bits per heavy atom. The Kier molecular flexibility index (Phi) is 4.65. The van der Waals surface area contributed by atoms with Crippen LogP contribution in [0.1, 0.15) is 45.1 Å². The Labute approximate surface area is 177 Å². The zero-order valence-electron chi connectivity index (χ0n) is 17.1. The summed E-state index contributed by atoms with van der Waals surface area (Å²) in [6.07, 6.45) is 5.00. The summed E-state index contributed by atoms with van der Waals surface area (Å²) in [6, 6.07) is 14.1. The number of benzene rings is 2. The number of sulfonamides is 1. The van der Waals surface area contributed by atoms with E-state index in [9.17, 15) is 8.42 Å². The van der Waals surface area contributed by atoms with Gasteiger partial charge in [-0.2, -0.15) is 0 Å². The van der Waals surface area contributed by atoms with Crippen LogP contribution in [-0.4, -0.2) is 24.8 Å². The number of hydrogen-bond donors (Lipinski definition) is 2. The van der Waals surface area contributed by atoms with Crippen molar-refractivity contribution >= 4 is 32.3 Å². The molecule has 0 saturated heterocycles. The molecule has 5 rings (SSSR count). The fourth-order valence-corrected chi connectivity index (χ4v) is 5.60. The van der Waals surface area contributed by atoms with E-state index in [4.69, 9.17) is 10.5 Å². The van der Waals surface area contributed by atoms with Crippen LogP contribution in [0.4, 0.5) is 11.4 Å². The monoisotopic (exact) mass is 425 g/mol. The minimum atomic E-state index is -3.27. The molecule has 1 heterocycles. The lowest BCUT2D eigenvalue weighted by molar-refractivity contribution is 0.324. The van der Waals surface area contributed by atoms with Gasteiger partial charge in [0.2, 0.25) is 10.0 Å². The fraction of sp³-hybridized carbons (Fsp3) is 0.391. The average molecular weight is 426 g/mol. The van der Waals surface area contributed by atoms with Gasteiger partial charge in [0.25, 0.3) is 0 Å². The molecule has 6 nitrogen and oxygen atoms in total. The second-order valence-corrected chi connectivity index (χ2v) is 10.2. The first-order chi connectivity index (χ1) is 14.5. The molecule has 3 N–H and O–H groups in total. The van der Waals surface area contributed by atoms with Crippen molar-refractivity contribution < 1.29 is 13.2 Å². The SMILES string of the molecule is CCOc1ccc2c(c1)c(N)c(-c1ccc(NS(=O)(=O)C3CC3)cc1)n2C1CCC1. The number of nitrogens with two attached hydrogens (primary N) is 1. The van der Waals surface area contributed by atoms with Crippen LogP contribution >= 0.6 is 0 Å². The molecule has 3 aromatic rings. The van der Waals surface area contributed by atoms with Gasteiger partial charge in [0.15, 0.2) is 0 Å². The molecule has 0 radical (unpaired) electrons. The van der Waals surface area contributed by atoms with Gasteiger partial charge < -0.3 is 15.0 Å². The van der Waals surface area contributed by atoms with Gasteiger partial charge in [-0.15, -0.1) is 0 Å². The Bertz CT molecular complexity index is 1190. The molecule has 2 aliphatic rings. The third-order valence-corrected chi connectivity index (χ3v) is 8.02. The van der Waals surface area contributed by atoms with E-state index in [2.05, 4.69) is 15.4 Å². The quantitative estimate of drug-likeness (QED) is 0.563. The Hall–Kier alpha value is -2.67. The normalized spacial score (nSPS) is 17.1. The number of nitrogens with one attached hydrogen (secondary N) is 1. The zero-order valence-corrected chi connectivity index (χ0v) is 17.9. The van der Waals surface area contributed by atoms with Crippen LogP contribution in [0.2, 0.25) is 0 Å². The maximum absolute atomic E-state index is 12.2. The smallest absolute Gasteiger partial charge is 0.235 e. The Morgan fingerprint density at radius 3 is 2.43 bits per heavy atom. The zero-order chi connectivity index (χ0) is 20.9. The lowest BCUT2D eigenvalue weighted by Gasteiger charge is -2.30. The molecular weight excluding hydrogens is 398 g/mol. The van der Waals surface area contributed by atoms with E-state index >= 15 is 0 Å². The first-order valence-corrected chi connectivity index (χ1v) is 12.2. The molecule has 0 unspecified atom stereocenters. The van der Waals surface area contributed by atoms with Crippen molar-refractivity contribution in [2.24, 2.45) is 0 Å². The van der Waals surface area contributed by atoms with Gasteiger partial charge in [-0.1, -0.05) is 12.1 Å². The number of rotatable bonds is 7. The molecule has 0 atom stereocenters. The maximum atomic E-state index is 12.2. The second kappa shape index (κ2) is 7.23. The summed E-state index contributed by atoms with van der Waals surface area (Å²) in [6.45, 7) is 2.58. The molecule has 7 heteroatoms. The fourth-order valence-electron chi connectivity index (χ4n) is 4.22. The molecule has 2 aliphatic carbocycles. The summed E-state index contributed by atoms with van der Waals surface area (Å²) < 4.78 is 35.2. The number of nitrogens with zero attached hydrogens (tertiary/aromatic N) is 1. The van der Waals surface area contributed by atoms with E-state index in [1.165, 1.54) is 6.42 Å². The average Bonchev–Trinajstić information content (AvgIpc) is 3.50. The molecule has 1 aromatic heterocycles. The number of nitrogen functional groups attached to an aromatic ring is 1. The van der Waals surface area contributed by atoms with Crippen LogP contribution in [0.25, 0.3) is 22.2 Å². The van der Waals surface area contributed by atoms with E-state index in [1.54, 1.807) is 0 Å². The van der Waals surface area contributed by atoms with Gasteiger partial charge in [-0.3, -0.25) is 4.72 Å². The summed E-state index contributed by atoms with van der Waals surface area (Å²) in [5.41, 5.74) is 11.1. The highest BCUT2D eigenvalue weighted by Gasteiger charge is 2.35. The van der Waals surface area contributed by atoms with Crippen molar-refractivity contribution in [2.45, 2.75) is 50.3 Å². The molecule has 2 aromatic carbocycles. The highest BCUT2D eigenvalue weighted by Crippen LogP contribution is 2.45. The number of hydrogen-bond acceptors (Lipinski definition) is 4. The van der Waals surface area contributed by atoms with Gasteiger partial charge >= 0.3 is 0 Å². The van der Waals surface area contributed by atoms with Crippen LogP contribution in [-0.2, 0) is 10.0 Å². The first-order valence-electron chi connectivity index (χ1n) is 10.7. The molecule has 30 heavy (non-hydrogen) atoms. The second-order valence-electron chi connectivity index (χ2n) is 8.25. The van der Waals surface area contributed by atoms with Crippen molar-refractivity contribution in [1.29, 1.82) is 0 Å². The van der Waals surface area contributed by atoms with E-state index < -0.39 is 10.0 Å². The predicted octanol–water partition coefficient (Wildman–Crippen LogP) is 4.92. The first kappa shape index (κ1) is 19.3. The molecule has 2 saturated carbocycles. The summed E-state index contributed by atoms with van der Waals surface area (Å²) in [5, 5.41) is 0.759. The molecule has 0 amide bonds. The van der Waals surface area contributed by atoms with Crippen molar-refractivity contribution in [3.8, 4) is 17.0 Å². The Balaban J connectivity index is 1.56. The van der Waals surface area contributed by atoms with Crippen LogP contribution < -0.4 is 15.2 Å². The summed E-state index contributed by atoms with van der Waals surface area (Å²) in [7, 11) is -3.27. The lowest BCUT2D eigenvalue weighted by Crippen LogP contribution is -2.18. The third kappa shape index (κ3) is 3.31. The molecular formula is C23H27N3O3S. The van der Waals surface area contributed by atoms with Gasteiger partial charge in [0, 0.05) is 22.7 Å². The number of anilines is 2. The topological polar surface area (TPSA) is 86.3 Å². The van der Waals surface area contributed by atoms with Gasteiger partial charge in [0.05, 0.1) is 28.8 Å². The van der Waals surface area contributed by atoms with Crippen LogP contribution in [0.5, 0.6) is 5.75 Å². The molecule has 0 bridgehead atoms. The van der Waals surface area contributed by atoms with E-state index in [0.717, 1.165) is 59.3 Å². The van der Waals surface area contributed by atoms with Gasteiger partial charge in [-0.25, -0.2) is 8.42 Å². The number of ether oxygens (including phenoxy) is 1. The van der Waals surface area contributed by atoms with Crippen molar-refractivity contribution in [3.05, 3.63) is 42.5 Å². The minimum Gasteiger partial charge on any atom is -0.494 e. The third-order valence-electron chi connectivity index (χ3n) is 6.15. The van der Waals surface area contributed by atoms with Crippen molar-refractivity contribution in [1.82, 2.24) is 4.57 Å². The molecule has 158 valence electrons. The largest absolute Gasteiger partial charge is 0.494 e. The lowest BCUT2D eigenvalue weighted by atomic mass is 9.92. The van der Waals surface area contributed by atoms with E-state index in [1.807, 2.05) is 43.3 Å². The van der Waals surface area contributed by atoms with Crippen LogP contribution in [0.15, 0.2) is 42.5 Å². The van der Waals surface area contributed by atoms with Gasteiger partial charge in [0.1, 0.15) is 5.75 Å². The predicted molar refractivity (Wildman–Crippen MR) is 121 cm³/mol. The van der Waals surface area contributed by atoms with E-state index in [-0.39, 0.29) is 5.25 Å². The van der Waals surface area contributed by atoms with E-state index in [0.29, 0.717) is 18.3 Å². The molecule has 0 spiro atoms. The number of fused-ring (bicyclic) bond motifs is 1. The summed E-state index contributed by atoms with van der Waals surface area (Å²) in [4.78, 5) is 0. The van der Waals surface area contributed by atoms with Crippen molar-refractivity contribution in [2.75, 3.05) is 17.1 Å². The van der Waals surface area contributed by atoms with Gasteiger partial charge in [-0.05, 0) is 69.4 Å². The summed E-state index contributed by atoms with van der Waals surface area (Å²) in [5.74, 6) is 0.818. The maximum Gasteiger partial charge on any atom is 0.235 e. The minimum absolute atomic E-state index is 0.242. The highest BCUT2D eigenvalue weighted by atomic mass is 32.2. The molecule has 2 fully saturated rings.